The number of fused-ring (bicyclic) bond motifs is 1. The minimum Gasteiger partial charge on any atom is -0.376 e. The molecule has 0 radical (unpaired) electrons. The first-order valence-corrected chi connectivity index (χ1v) is 8.68. The third-order valence-corrected chi connectivity index (χ3v) is 6.05. The number of nitrogens with zero attached hydrogens (tertiary/aromatic N) is 2. The van der Waals surface area contributed by atoms with Gasteiger partial charge in [0.2, 0.25) is 0 Å². The van der Waals surface area contributed by atoms with Crippen LogP contribution in [0.2, 0.25) is 0 Å². The van der Waals surface area contributed by atoms with Crippen LogP contribution in [0, 0.1) is 11.8 Å². The highest BCUT2D eigenvalue weighted by Gasteiger charge is 2.40. The van der Waals surface area contributed by atoms with Crippen LogP contribution in [0.1, 0.15) is 32.3 Å². The van der Waals surface area contributed by atoms with Crippen molar-refractivity contribution in [1.82, 2.24) is 4.90 Å². The SMILES string of the molecule is CC1C2=C(CN(C)C=C2)C(C)C2=C1C(C)c1ccccc1N2C. The van der Waals surface area contributed by atoms with Crippen molar-refractivity contribution in [2.24, 2.45) is 11.8 Å². The average molecular weight is 306 g/mol. The summed E-state index contributed by atoms with van der Waals surface area (Å²) in [6, 6.07) is 8.90. The predicted molar refractivity (Wildman–Crippen MR) is 97.4 cm³/mol. The Labute approximate surface area is 139 Å². The van der Waals surface area contributed by atoms with E-state index in [-0.39, 0.29) is 0 Å². The summed E-state index contributed by atoms with van der Waals surface area (Å²) in [4.78, 5) is 4.75. The summed E-state index contributed by atoms with van der Waals surface area (Å²) in [7, 11) is 4.42. The summed E-state index contributed by atoms with van der Waals surface area (Å²) >= 11 is 0. The molecule has 3 aliphatic rings. The molecule has 3 unspecified atom stereocenters. The molecule has 0 amide bonds. The van der Waals surface area contributed by atoms with Gasteiger partial charge in [-0.2, -0.15) is 0 Å². The lowest BCUT2D eigenvalue weighted by molar-refractivity contribution is 0.446. The number of hydrogen-bond acceptors (Lipinski definition) is 2. The van der Waals surface area contributed by atoms with E-state index in [9.17, 15) is 0 Å². The second kappa shape index (κ2) is 5.02. The normalized spacial score (nSPS) is 29.5. The van der Waals surface area contributed by atoms with Crippen LogP contribution in [0.25, 0.3) is 0 Å². The topological polar surface area (TPSA) is 6.48 Å². The van der Waals surface area contributed by atoms with Crippen LogP contribution in [-0.2, 0) is 0 Å². The molecule has 1 aromatic carbocycles. The fraction of sp³-hybridized carbons (Fsp3) is 0.429. The number of hydrogen-bond donors (Lipinski definition) is 0. The van der Waals surface area contributed by atoms with Gasteiger partial charge in [0.05, 0.1) is 0 Å². The standard InChI is InChI=1S/C21H26N2/c1-13-16-10-11-22(4)12-18(16)15(3)21-20(13)14(2)17-8-6-7-9-19(17)23(21)5/h6-11,13-15H,12H2,1-5H3. The maximum absolute atomic E-state index is 2.45. The molecule has 23 heavy (non-hydrogen) atoms. The van der Waals surface area contributed by atoms with E-state index < -0.39 is 0 Å². The first kappa shape index (κ1) is 14.6. The van der Waals surface area contributed by atoms with Gasteiger partial charge in [-0.1, -0.05) is 39.0 Å². The molecule has 1 aliphatic carbocycles. The molecule has 3 atom stereocenters. The maximum atomic E-state index is 2.45. The number of rotatable bonds is 0. The summed E-state index contributed by atoms with van der Waals surface area (Å²) in [5, 5.41) is 0. The van der Waals surface area contributed by atoms with E-state index in [0.717, 1.165) is 6.54 Å². The molecular weight excluding hydrogens is 280 g/mol. The second-order valence-corrected chi connectivity index (χ2v) is 7.33. The van der Waals surface area contributed by atoms with Gasteiger partial charge in [-0.15, -0.1) is 0 Å². The quantitative estimate of drug-likeness (QED) is 0.694. The van der Waals surface area contributed by atoms with Crippen molar-refractivity contribution in [2.75, 3.05) is 25.5 Å². The van der Waals surface area contributed by atoms with Crippen LogP contribution in [0.15, 0.2) is 59.0 Å². The maximum Gasteiger partial charge on any atom is 0.0444 e. The van der Waals surface area contributed by atoms with Gasteiger partial charge in [-0.3, -0.25) is 0 Å². The van der Waals surface area contributed by atoms with Gasteiger partial charge < -0.3 is 9.80 Å². The smallest absolute Gasteiger partial charge is 0.0444 e. The van der Waals surface area contributed by atoms with Crippen molar-refractivity contribution in [3.8, 4) is 0 Å². The molecule has 120 valence electrons. The van der Waals surface area contributed by atoms with E-state index in [1.54, 1.807) is 16.7 Å². The van der Waals surface area contributed by atoms with Crippen molar-refractivity contribution in [1.29, 1.82) is 0 Å². The zero-order chi connectivity index (χ0) is 16.3. The van der Waals surface area contributed by atoms with Gasteiger partial charge in [0, 0.05) is 49.8 Å². The van der Waals surface area contributed by atoms with Gasteiger partial charge in [0.25, 0.3) is 0 Å². The molecule has 2 heterocycles. The third-order valence-electron chi connectivity index (χ3n) is 6.05. The van der Waals surface area contributed by atoms with Crippen molar-refractivity contribution < 1.29 is 0 Å². The molecule has 2 nitrogen and oxygen atoms in total. The Kier molecular flexibility index (Phi) is 3.19. The molecule has 4 rings (SSSR count). The Bertz CT molecular complexity index is 753. The molecule has 1 aromatic rings. The third kappa shape index (κ3) is 1.94. The molecule has 0 spiro atoms. The number of para-hydroxylation sites is 1. The Hall–Kier alpha value is -1.96. The number of likely N-dealkylation sites (N-methyl/N-ethyl adjacent to an activating group) is 1. The molecule has 2 aliphatic heterocycles. The van der Waals surface area contributed by atoms with Crippen LogP contribution < -0.4 is 4.90 Å². The van der Waals surface area contributed by atoms with Gasteiger partial charge in [0.15, 0.2) is 0 Å². The number of benzene rings is 1. The summed E-state index contributed by atoms with van der Waals surface area (Å²) in [5.74, 6) is 1.49. The highest BCUT2D eigenvalue weighted by molar-refractivity contribution is 5.68. The minimum absolute atomic E-state index is 0.490. The molecule has 0 fully saturated rings. The minimum atomic E-state index is 0.490. The fourth-order valence-electron chi connectivity index (χ4n) is 4.88. The predicted octanol–water partition coefficient (Wildman–Crippen LogP) is 4.54. The molecule has 0 saturated carbocycles. The monoisotopic (exact) mass is 306 g/mol. The summed E-state index contributed by atoms with van der Waals surface area (Å²) < 4.78 is 0. The lowest BCUT2D eigenvalue weighted by atomic mass is 9.68. The van der Waals surface area contributed by atoms with Crippen molar-refractivity contribution >= 4 is 5.69 Å². The highest BCUT2D eigenvalue weighted by Crippen LogP contribution is 2.51. The van der Waals surface area contributed by atoms with Crippen LogP contribution in [0.3, 0.4) is 0 Å². The van der Waals surface area contributed by atoms with Gasteiger partial charge in [0.1, 0.15) is 0 Å². The van der Waals surface area contributed by atoms with Crippen molar-refractivity contribution in [2.45, 2.75) is 26.7 Å². The Morgan fingerprint density at radius 3 is 2.48 bits per heavy atom. The van der Waals surface area contributed by atoms with E-state index in [1.807, 2.05) is 0 Å². The summed E-state index contributed by atoms with van der Waals surface area (Å²) in [6.07, 6.45) is 4.58. The second-order valence-electron chi connectivity index (χ2n) is 7.33. The molecular formula is C21H26N2. The average Bonchev–Trinajstić information content (AvgIpc) is 2.56. The van der Waals surface area contributed by atoms with Crippen LogP contribution in [0.4, 0.5) is 5.69 Å². The Balaban J connectivity index is 1.88. The summed E-state index contributed by atoms with van der Waals surface area (Å²) in [6.45, 7) is 8.22. The lowest BCUT2D eigenvalue weighted by Gasteiger charge is -2.46. The zero-order valence-electron chi connectivity index (χ0n) is 14.8. The Morgan fingerprint density at radius 2 is 1.70 bits per heavy atom. The number of anilines is 1. The van der Waals surface area contributed by atoms with Crippen LogP contribution in [0.5, 0.6) is 0 Å². The van der Waals surface area contributed by atoms with Crippen molar-refractivity contribution in [3.63, 3.8) is 0 Å². The van der Waals surface area contributed by atoms with E-state index in [2.05, 4.69) is 81.2 Å². The molecule has 0 saturated heterocycles. The molecule has 0 N–H and O–H groups in total. The van der Waals surface area contributed by atoms with E-state index in [0.29, 0.717) is 17.8 Å². The van der Waals surface area contributed by atoms with Crippen LogP contribution >= 0.6 is 0 Å². The molecule has 2 heteroatoms. The number of allylic oxidation sites excluding steroid dienone is 4. The Morgan fingerprint density at radius 1 is 0.957 bits per heavy atom. The summed E-state index contributed by atoms with van der Waals surface area (Å²) in [5.41, 5.74) is 9.14. The zero-order valence-corrected chi connectivity index (χ0v) is 14.8. The van der Waals surface area contributed by atoms with E-state index in [1.165, 1.54) is 16.9 Å². The van der Waals surface area contributed by atoms with Crippen LogP contribution in [-0.4, -0.2) is 25.5 Å². The van der Waals surface area contributed by atoms with E-state index >= 15 is 0 Å². The molecule has 0 aromatic heterocycles. The first-order chi connectivity index (χ1) is 11.0. The van der Waals surface area contributed by atoms with Gasteiger partial charge in [-0.05, 0) is 40.6 Å². The lowest BCUT2D eigenvalue weighted by Crippen LogP contribution is -2.38. The van der Waals surface area contributed by atoms with E-state index in [4.69, 9.17) is 0 Å². The van der Waals surface area contributed by atoms with Crippen molar-refractivity contribution in [3.05, 3.63) is 64.5 Å². The fourth-order valence-corrected chi connectivity index (χ4v) is 4.88. The largest absolute Gasteiger partial charge is 0.376 e. The highest BCUT2D eigenvalue weighted by atomic mass is 15.1. The first-order valence-electron chi connectivity index (χ1n) is 8.68. The van der Waals surface area contributed by atoms with Gasteiger partial charge in [-0.25, -0.2) is 0 Å². The molecule has 0 bridgehead atoms. The van der Waals surface area contributed by atoms with Gasteiger partial charge >= 0.3 is 0 Å².